The summed E-state index contributed by atoms with van der Waals surface area (Å²) in [6.45, 7) is 0. The van der Waals surface area contributed by atoms with E-state index >= 15 is 0 Å². The minimum Gasteiger partial charge on any atom is -0.497 e. The van der Waals surface area contributed by atoms with E-state index in [1.54, 1.807) is 13.3 Å². The van der Waals surface area contributed by atoms with Gasteiger partial charge in [-0.25, -0.2) is 0 Å². The fourth-order valence-corrected chi connectivity index (χ4v) is 2.46. The van der Waals surface area contributed by atoms with E-state index in [1.165, 1.54) is 5.56 Å². The lowest BCUT2D eigenvalue weighted by Gasteiger charge is -2.12. The Balaban J connectivity index is 1.98. The van der Waals surface area contributed by atoms with Gasteiger partial charge in [-0.3, -0.25) is 4.98 Å². The third-order valence-corrected chi connectivity index (χ3v) is 3.33. The summed E-state index contributed by atoms with van der Waals surface area (Å²) in [6, 6.07) is 10.1. The zero-order chi connectivity index (χ0) is 13.7. The highest BCUT2D eigenvalue weighted by Gasteiger charge is 2.07. The van der Waals surface area contributed by atoms with Crippen LogP contribution in [-0.4, -0.2) is 18.1 Å². The van der Waals surface area contributed by atoms with E-state index in [4.69, 9.17) is 10.5 Å². The van der Waals surface area contributed by atoms with Crippen molar-refractivity contribution >= 4 is 15.9 Å². The van der Waals surface area contributed by atoms with Crippen molar-refractivity contribution in [2.24, 2.45) is 5.73 Å². The van der Waals surface area contributed by atoms with Gasteiger partial charge < -0.3 is 10.5 Å². The average Bonchev–Trinajstić information content (AvgIpc) is 2.38. The largest absolute Gasteiger partial charge is 0.497 e. The van der Waals surface area contributed by atoms with Gasteiger partial charge in [0.25, 0.3) is 0 Å². The molecule has 1 aromatic carbocycles. The Morgan fingerprint density at radius 2 is 2.00 bits per heavy atom. The van der Waals surface area contributed by atoms with E-state index in [1.807, 2.05) is 24.4 Å². The summed E-state index contributed by atoms with van der Waals surface area (Å²) in [6.07, 6.45) is 5.26. The lowest BCUT2D eigenvalue weighted by atomic mass is 10.0. The van der Waals surface area contributed by atoms with Crippen LogP contribution in [0, 0.1) is 0 Å². The molecule has 2 rings (SSSR count). The van der Waals surface area contributed by atoms with Gasteiger partial charge in [0.1, 0.15) is 5.75 Å². The van der Waals surface area contributed by atoms with Gasteiger partial charge in [0.2, 0.25) is 0 Å². The van der Waals surface area contributed by atoms with Crippen LogP contribution in [0.2, 0.25) is 0 Å². The Kier molecular flexibility index (Phi) is 4.93. The van der Waals surface area contributed by atoms with Crippen molar-refractivity contribution in [2.45, 2.75) is 18.9 Å². The normalized spacial score (nSPS) is 12.2. The molecular weight excluding hydrogens is 304 g/mol. The average molecular weight is 321 g/mol. The molecule has 1 aromatic heterocycles. The van der Waals surface area contributed by atoms with Crippen LogP contribution in [0.5, 0.6) is 5.75 Å². The molecular formula is C15H17BrN2O. The van der Waals surface area contributed by atoms with Crippen LogP contribution >= 0.6 is 15.9 Å². The Morgan fingerprint density at radius 3 is 2.74 bits per heavy atom. The summed E-state index contributed by atoms with van der Waals surface area (Å²) in [5, 5.41) is 0. The Hall–Kier alpha value is -1.39. The molecule has 100 valence electrons. The van der Waals surface area contributed by atoms with Crippen LogP contribution in [0.25, 0.3) is 0 Å². The first-order chi connectivity index (χ1) is 9.17. The molecule has 0 bridgehead atoms. The van der Waals surface area contributed by atoms with E-state index in [0.717, 1.165) is 28.6 Å². The number of aromatic nitrogens is 1. The molecule has 19 heavy (non-hydrogen) atoms. The van der Waals surface area contributed by atoms with Gasteiger partial charge in [-0.15, -0.1) is 0 Å². The van der Waals surface area contributed by atoms with Gasteiger partial charge in [0.05, 0.1) is 7.11 Å². The van der Waals surface area contributed by atoms with E-state index in [0.29, 0.717) is 0 Å². The van der Waals surface area contributed by atoms with E-state index < -0.39 is 0 Å². The van der Waals surface area contributed by atoms with E-state index in [2.05, 4.69) is 33.0 Å². The lowest BCUT2D eigenvalue weighted by molar-refractivity contribution is 0.414. The van der Waals surface area contributed by atoms with Gasteiger partial charge in [0.15, 0.2) is 0 Å². The van der Waals surface area contributed by atoms with E-state index in [9.17, 15) is 0 Å². The summed E-state index contributed by atoms with van der Waals surface area (Å²) in [5.41, 5.74) is 8.53. The summed E-state index contributed by atoms with van der Waals surface area (Å²) < 4.78 is 6.20. The minimum atomic E-state index is 0.0724. The van der Waals surface area contributed by atoms with E-state index in [-0.39, 0.29) is 6.04 Å². The number of nitrogens with two attached hydrogens (primary N) is 1. The van der Waals surface area contributed by atoms with Crippen molar-refractivity contribution in [2.75, 3.05) is 7.11 Å². The number of benzene rings is 1. The molecule has 0 saturated carbocycles. The number of halogens is 1. The second-order valence-corrected chi connectivity index (χ2v) is 5.45. The van der Waals surface area contributed by atoms with Crippen LogP contribution < -0.4 is 10.5 Å². The Morgan fingerprint density at radius 1 is 1.21 bits per heavy atom. The fraction of sp³-hybridized carbons (Fsp3) is 0.267. The quantitative estimate of drug-likeness (QED) is 0.921. The third kappa shape index (κ3) is 4.33. The number of hydrogen-bond donors (Lipinski definition) is 1. The highest BCUT2D eigenvalue weighted by molar-refractivity contribution is 9.10. The predicted molar refractivity (Wildman–Crippen MR) is 80.3 cm³/mol. The molecule has 3 nitrogen and oxygen atoms in total. The van der Waals surface area contributed by atoms with Crippen molar-refractivity contribution in [3.05, 3.63) is 58.3 Å². The first-order valence-corrected chi connectivity index (χ1v) is 6.94. The van der Waals surface area contributed by atoms with Gasteiger partial charge in [-0.1, -0.05) is 12.1 Å². The summed E-state index contributed by atoms with van der Waals surface area (Å²) in [4.78, 5) is 4.15. The van der Waals surface area contributed by atoms with Crippen LogP contribution in [0.4, 0.5) is 0 Å². The highest BCUT2D eigenvalue weighted by atomic mass is 79.9. The maximum atomic E-state index is 6.20. The summed E-state index contributed by atoms with van der Waals surface area (Å²) >= 11 is 3.42. The predicted octanol–water partition coefficient (Wildman–Crippen LogP) is 2.97. The molecule has 1 atom stereocenters. The Bertz CT molecular complexity index is 545. The molecule has 0 aliphatic carbocycles. The van der Waals surface area contributed by atoms with Gasteiger partial charge in [-0.2, -0.15) is 0 Å². The zero-order valence-corrected chi connectivity index (χ0v) is 12.4. The van der Waals surface area contributed by atoms with Crippen molar-refractivity contribution in [3.8, 4) is 5.75 Å². The zero-order valence-electron chi connectivity index (χ0n) is 10.8. The third-order valence-electron chi connectivity index (χ3n) is 2.89. The first-order valence-electron chi connectivity index (χ1n) is 6.15. The molecule has 0 fully saturated rings. The molecule has 4 heteroatoms. The molecule has 2 N–H and O–H groups in total. The number of hydrogen-bond acceptors (Lipinski definition) is 3. The van der Waals surface area contributed by atoms with Crippen LogP contribution in [-0.2, 0) is 12.8 Å². The molecule has 2 aromatic rings. The Labute approximate surface area is 121 Å². The molecule has 1 unspecified atom stereocenters. The first kappa shape index (κ1) is 14.0. The second kappa shape index (κ2) is 6.68. The SMILES string of the molecule is COc1cccc(CC(N)Cc2cncc(Br)c2)c1. The number of rotatable bonds is 5. The monoisotopic (exact) mass is 320 g/mol. The topological polar surface area (TPSA) is 48.1 Å². The standard InChI is InChI=1S/C15H17BrN2O/c1-19-15-4-2-3-11(8-15)6-14(17)7-12-5-13(16)10-18-9-12/h2-5,8-10,14H,6-7,17H2,1H3. The number of nitrogens with zero attached hydrogens (tertiary/aromatic N) is 1. The number of ether oxygens (including phenoxy) is 1. The van der Waals surface area contributed by atoms with Crippen molar-refractivity contribution in [1.82, 2.24) is 4.98 Å². The molecule has 0 spiro atoms. The maximum Gasteiger partial charge on any atom is 0.119 e. The summed E-state index contributed by atoms with van der Waals surface area (Å²) in [5.74, 6) is 0.869. The fourth-order valence-electron chi connectivity index (χ4n) is 2.04. The lowest BCUT2D eigenvalue weighted by Crippen LogP contribution is -2.25. The van der Waals surface area contributed by atoms with Crippen molar-refractivity contribution in [3.63, 3.8) is 0 Å². The minimum absolute atomic E-state index is 0.0724. The number of pyridine rings is 1. The second-order valence-electron chi connectivity index (χ2n) is 4.53. The van der Waals surface area contributed by atoms with Gasteiger partial charge in [-0.05, 0) is 58.1 Å². The van der Waals surface area contributed by atoms with Crippen LogP contribution in [0.1, 0.15) is 11.1 Å². The number of methoxy groups -OCH3 is 1. The molecule has 0 aliphatic heterocycles. The molecule has 1 heterocycles. The van der Waals surface area contributed by atoms with Crippen molar-refractivity contribution in [1.29, 1.82) is 0 Å². The molecule has 0 saturated heterocycles. The highest BCUT2D eigenvalue weighted by Crippen LogP contribution is 2.16. The van der Waals surface area contributed by atoms with Crippen LogP contribution in [0.15, 0.2) is 47.2 Å². The smallest absolute Gasteiger partial charge is 0.119 e. The molecule has 0 radical (unpaired) electrons. The molecule has 0 aliphatic rings. The van der Waals surface area contributed by atoms with Gasteiger partial charge >= 0.3 is 0 Å². The maximum absolute atomic E-state index is 6.20. The molecule has 0 amide bonds. The van der Waals surface area contributed by atoms with Crippen LogP contribution in [0.3, 0.4) is 0 Å². The van der Waals surface area contributed by atoms with Gasteiger partial charge in [0, 0.05) is 22.9 Å². The van der Waals surface area contributed by atoms with Crippen molar-refractivity contribution < 1.29 is 4.74 Å². The summed E-state index contributed by atoms with van der Waals surface area (Å²) in [7, 11) is 1.67.